The standard InChI is InChI=1S/C21H19Cl2N3O/c22-18-7-3-2-6-17(18)21(27)26-11-9-25(10-12-26)14-16-13-15-5-1-4-8-19(15)24-20(16)23/h1-8,13H,9-12,14H2. The van der Waals surface area contributed by atoms with Crippen LogP contribution in [0.1, 0.15) is 15.9 Å². The van der Waals surface area contributed by atoms with Gasteiger partial charge in [0.1, 0.15) is 5.15 Å². The Bertz CT molecular complexity index is 984. The number of piperazine rings is 1. The molecule has 27 heavy (non-hydrogen) atoms. The maximum atomic E-state index is 12.7. The number of fused-ring (bicyclic) bond motifs is 1. The lowest BCUT2D eigenvalue weighted by molar-refractivity contribution is 0.0628. The highest BCUT2D eigenvalue weighted by molar-refractivity contribution is 6.33. The molecular weight excluding hydrogens is 381 g/mol. The Kier molecular flexibility index (Phi) is 5.30. The van der Waals surface area contributed by atoms with Crippen LogP contribution in [0.4, 0.5) is 0 Å². The summed E-state index contributed by atoms with van der Waals surface area (Å²) >= 11 is 12.5. The summed E-state index contributed by atoms with van der Waals surface area (Å²) in [7, 11) is 0. The largest absolute Gasteiger partial charge is 0.336 e. The fourth-order valence-corrected chi connectivity index (χ4v) is 3.82. The first-order valence-corrected chi connectivity index (χ1v) is 9.68. The minimum atomic E-state index is -0.00865. The summed E-state index contributed by atoms with van der Waals surface area (Å²) in [5.74, 6) is -0.00865. The molecule has 138 valence electrons. The van der Waals surface area contributed by atoms with Crippen molar-refractivity contribution < 1.29 is 4.79 Å². The first-order chi connectivity index (χ1) is 13.1. The quantitative estimate of drug-likeness (QED) is 0.608. The highest BCUT2D eigenvalue weighted by Gasteiger charge is 2.24. The van der Waals surface area contributed by atoms with E-state index in [1.807, 2.05) is 41.3 Å². The number of pyridine rings is 1. The Morgan fingerprint density at radius 2 is 1.67 bits per heavy atom. The Balaban J connectivity index is 1.42. The van der Waals surface area contributed by atoms with Crippen molar-refractivity contribution in [2.24, 2.45) is 0 Å². The second kappa shape index (κ2) is 7.85. The molecule has 1 amide bonds. The molecule has 4 nitrogen and oxygen atoms in total. The van der Waals surface area contributed by atoms with Crippen molar-refractivity contribution in [3.8, 4) is 0 Å². The first kappa shape index (κ1) is 18.2. The van der Waals surface area contributed by atoms with Gasteiger partial charge >= 0.3 is 0 Å². The topological polar surface area (TPSA) is 36.4 Å². The van der Waals surface area contributed by atoms with Crippen LogP contribution in [-0.2, 0) is 6.54 Å². The predicted octanol–water partition coefficient (Wildman–Crippen LogP) is 4.50. The van der Waals surface area contributed by atoms with Gasteiger partial charge in [-0.3, -0.25) is 9.69 Å². The minimum absolute atomic E-state index is 0.00865. The molecule has 1 fully saturated rings. The second-order valence-electron chi connectivity index (χ2n) is 6.68. The van der Waals surface area contributed by atoms with Crippen LogP contribution >= 0.6 is 23.2 Å². The molecule has 1 aliphatic rings. The van der Waals surface area contributed by atoms with E-state index in [9.17, 15) is 4.79 Å². The summed E-state index contributed by atoms with van der Waals surface area (Å²) in [4.78, 5) is 21.3. The van der Waals surface area contributed by atoms with Crippen LogP contribution in [0.2, 0.25) is 10.2 Å². The molecule has 4 rings (SSSR count). The first-order valence-electron chi connectivity index (χ1n) is 8.92. The van der Waals surface area contributed by atoms with Crippen LogP contribution in [0.25, 0.3) is 10.9 Å². The molecule has 0 saturated carbocycles. The van der Waals surface area contributed by atoms with Gasteiger partial charge in [-0.15, -0.1) is 0 Å². The molecule has 0 radical (unpaired) electrons. The molecule has 1 aliphatic heterocycles. The minimum Gasteiger partial charge on any atom is -0.336 e. The van der Waals surface area contributed by atoms with Gasteiger partial charge in [-0.05, 0) is 24.3 Å². The number of carbonyl (C=O) groups is 1. The summed E-state index contributed by atoms with van der Waals surface area (Å²) in [6.07, 6.45) is 0. The van der Waals surface area contributed by atoms with Gasteiger partial charge in [0.15, 0.2) is 0 Å². The smallest absolute Gasteiger partial charge is 0.255 e. The Hall–Kier alpha value is -2.14. The molecule has 1 saturated heterocycles. The molecule has 0 spiro atoms. The number of halogens is 2. The number of rotatable bonds is 3. The van der Waals surface area contributed by atoms with Crippen LogP contribution in [0.3, 0.4) is 0 Å². The summed E-state index contributed by atoms with van der Waals surface area (Å²) in [6.45, 7) is 3.65. The van der Waals surface area contributed by atoms with Crippen molar-refractivity contribution in [3.05, 3.63) is 75.9 Å². The third-order valence-corrected chi connectivity index (χ3v) is 5.56. The Labute approximate surface area is 168 Å². The van der Waals surface area contributed by atoms with Crippen LogP contribution < -0.4 is 0 Å². The van der Waals surface area contributed by atoms with Crippen molar-refractivity contribution >= 4 is 40.0 Å². The van der Waals surface area contributed by atoms with Crippen molar-refractivity contribution in [1.29, 1.82) is 0 Å². The van der Waals surface area contributed by atoms with Crippen LogP contribution in [-0.4, -0.2) is 46.9 Å². The fraction of sp³-hybridized carbons (Fsp3) is 0.238. The van der Waals surface area contributed by atoms with Gasteiger partial charge in [-0.2, -0.15) is 0 Å². The van der Waals surface area contributed by atoms with Gasteiger partial charge in [0, 0.05) is 43.7 Å². The Morgan fingerprint density at radius 1 is 0.963 bits per heavy atom. The zero-order valence-electron chi connectivity index (χ0n) is 14.7. The lowest BCUT2D eigenvalue weighted by atomic mass is 10.1. The molecule has 2 aromatic carbocycles. The lowest BCUT2D eigenvalue weighted by Gasteiger charge is -2.35. The van der Waals surface area contributed by atoms with E-state index >= 15 is 0 Å². The van der Waals surface area contributed by atoms with Crippen molar-refractivity contribution in [2.45, 2.75) is 6.54 Å². The van der Waals surface area contributed by atoms with E-state index < -0.39 is 0 Å². The summed E-state index contributed by atoms with van der Waals surface area (Å²) in [5.41, 5.74) is 2.48. The number of aromatic nitrogens is 1. The molecule has 0 aliphatic carbocycles. The van der Waals surface area contributed by atoms with E-state index in [0.29, 0.717) is 28.8 Å². The zero-order chi connectivity index (χ0) is 18.8. The van der Waals surface area contributed by atoms with Crippen LogP contribution in [0.15, 0.2) is 54.6 Å². The maximum Gasteiger partial charge on any atom is 0.255 e. The third-order valence-electron chi connectivity index (χ3n) is 4.91. The molecule has 3 aromatic rings. The van der Waals surface area contributed by atoms with E-state index in [4.69, 9.17) is 23.2 Å². The highest BCUT2D eigenvalue weighted by atomic mass is 35.5. The molecule has 2 heterocycles. The monoisotopic (exact) mass is 399 g/mol. The summed E-state index contributed by atoms with van der Waals surface area (Å²) in [6, 6.07) is 17.3. The number of amides is 1. The van der Waals surface area contributed by atoms with E-state index in [1.165, 1.54) is 0 Å². The molecule has 1 aromatic heterocycles. The number of hydrogen-bond acceptors (Lipinski definition) is 3. The van der Waals surface area contributed by atoms with Crippen LogP contribution in [0, 0.1) is 0 Å². The molecular formula is C21H19Cl2N3O. The van der Waals surface area contributed by atoms with E-state index in [0.717, 1.165) is 36.1 Å². The predicted molar refractivity (Wildman–Crippen MR) is 109 cm³/mol. The van der Waals surface area contributed by atoms with Gasteiger partial charge in [0.05, 0.1) is 16.1 Å². The van der Waals surface area contributed by atoms with Crippen molar-refractivity contribution in [2.75, 3.05) is 26.2 Å². The van der Waals surface area contributed by atoms with Gasteiger partial charge < -0.3 is 4.90 Å². The van der Waals surface area contributed by atoms with E-state index in [2.05, 4.69) is 16.0 Å². The van der Waals surface area contributed by atoms with E-state index in [1.54, 1.807) is 12.1 Å². The summed E-state index contributed by atoms with van der Waals surface area (Å²) in [5, 5.41) is 2.13. The average molecular weight is 400 g/mol. The van der Waals surface area contributed by atoms with Crippen molar-refractivity contribution in [1.82, 2.24) is 14.8 Å². The Morgan fingerprint density at radius 3 is 2.44 bits per heavy atom. The van der Waals surface area contributed by atoms with Crippen molar-refractivity contribution in [3.63, 3.8) is 0 Å². The number of para-hydroxylation sites is 1. The SMILES string of the molecule is O=C(c1ccccc1Cl)N1CCN(Cc2cc3ccccc3nc2Cl)CC1. The van der Waals surface area contributed by atoms with Gasteiger partial charge in [-0.1, -0.05) is 53.5 Å². The lowest BCUT2D eigenvalue weighted by Crippen LogP contribution is -2.48. The second-order valence-corrected chi connectivity index (χ2v) is 7.44. The van der Waals surface area contributed by atoms with Gasteiger partial charge in [0.25, 0.3) is 5.91 Å². The number of nitrogens with zero attached hydrogens (tertiary/aromatic N) is 3. The number of carbonyl (C=O) groups excluding carboxylic acids is 1. The zero-order valence-corrected chi connectivity index (χ0v) is 16.2. The summed E-state index contributed by atoms with van der Waals surface area (Å²) < 4.78 is 0. The van der Waals surface area contributed by atoms with Gasteiger partial charge in [0.2, 0.25) is 0 Å². The number of benzene rings is 2. The molecule has 0 atom stereocenters. The molecule has 0 N–H and O–H groups in total. The highest BCUT2D eigenvalue weighted by Crippen LogP contribution is 2.23. The van der Waals surface area contributed by atoms with Gasteiger partial charge in [-0.25, -0.2) is 4.98 Å². The average Bonchev–Trinajstić information content (AvgIpc) is 2.69. The normalized spacial score (nSPS) is 15.3. The third kappa shape index (κ3) is 3.93. The van der Waals surface area contributed by atoms with E-state index in [-0.39, 0.29) is 5.91 Å². The molecule has 6 heteroatoms. The fourth-order valence-electron chi connectivity index (χ4n) is 3.40. The molecule has 0 unspecified atom stereocenters. The number of hydrogen-bond donors (Lipinski definition) is 0. The van der Waals surface area contributed by atoms with Crippen LogP contribution in [0.5, 0.6) is 0 Å². The maximum absolute atomic E-state index is 12.7. The molecule has 0 bridgehead atoms.